The summed E-state index contributed by atoms with van der Waals surface area (Å²) < 4.78 is 1.78. The molecule has 4 aromatic rings. The van der Waals surface area contributed by atoms with Crippen molar-refractivity contribution < 1.29 is 0 Å². The normalized spacial score (nSPS) is 12.9. The van der Waals surface area contributed by atoms with Crippen LogP contribution in [0.2, 0.25) is 10.0 Å². The fourth-order valence-corrected chi connectivity index (χ4v) is 4.36. The Kier molecular flexibility index (Phi) is 4.70. The number of anilines is 2. The highest BCUT2D eigenvalue weighted by Crippen LogP contribution is 2.33. The predicted molar refractivity (Wildman–Crippen MR) is 121 cm³/mol. The van der Waals surface area contributed by atoms with Gasteiger partial charge < -0.3 is 15.2 Å². The van der Waals surface area contributed by atoms with Crippen molar-refractivity contribution in [3.05, 3.63) is 80.2 Å². The number of benzene rings is 2. The van der Waals surface area contributed by atoms with Gasteiger partial charge in [0.15, 0.2) is 0 Å². The SMILES string of the molecule is Cn1cc(-c2c(Cl)cccc2Cl)c(=O)c2cnc(Nc3ccc4c(c3)CNC4)nc21. The molecule has 2 N–H and O–H groups in total. The summed E-state index contributed by atoms with van der Waals surface area (Å²) in [6.45, 7) is 1.74. The van der Waals surface area contributed by atoms with Crippen molar-refractivity contribution in [1.29, 1.82) is 0 Å². The van der Waals surface area contributed by atoms with E-state index in [-0.39, 0.29) is 5.43 Å². The summed E-state index contributed by atoms with van der Waals surface area (Å²) in [6, 6.07) is 11.3. The van der Waals surface area contributed by atoms with E-state index in [9.17, 15) is 4.79 Å². The average Bonchev–Trinajstić information content (AvgIpc) is 3.19. The van der Waals surface area contributed by atoms with Gasteiger partial charge in [-0.3, -0.25) is 4.79 Å². The van der Waals surface area contributed by atoms with Gasteiger partial charge in [-0.25, -0.2) is 4.98 Å². The fourth-order valence-electron chi connectivity index (χ4n) is 3.76. The number of rotatable bonds is 3. The molecule has 0 radical (unpaired) electrons. The smallest absolute Gasteiger partial charge is 0.229 e. The minimum atomic E-state index is -0.215. The zero-order valence-corrected chi connectivity index (χ0v) is 17.6. The number of pyridine rings is 1. The molecular weight excluding hydrogens is 421 g/mol. The summed E-state index contributed by atoms with van der Waals surface area (Å²) in [5.74, 6) is 0.423. The van der Waals surface area contributed by atoms with Crippen molar-refractivity contribution in [3.8, 4) is 11.1 Å². The Labute approximate surface area is 182 Å². The Bertz CT molecular complexity index is 1350. The van der Waals surface area contributed by atoms with Gasteiger partial charge in [0.25, 0.3) is 0 Å². The van der Waals surface area contributed by atoms with Crippen molar-refractivity contribution >= 4 is 45.9 Å². The minimum absolute atomic E-state index is 0.215. The lowest BCUT2D eigenvalue weighted by molar-refractivity contribution is 0.765. The average molecular weight is 438 g/mol. The van der Waals surface area contributed by atoms with E-state index in [0.29, 0.717) is 38.2 Å². The fraction of sp³-hybridized carbons (Fsp3) is 0.136. The van der Waals surface area contributed by atoms with E-state index in [1.807, 2.05) is 13.1 Å². The number of fused-ring (bicyclic) bond motifs is 2. The van der Waals surface area contributed by atoms with Crippen LogP contribution in [0.25, 0.3) is 22.2 Å². The molecule has 0 bridgehead atoms. The van der Waals surface area contributed by atoms with Gasteiger partial charge in [0.1, 0.15) is 5.65 Å². The number of aromatic nitrogens is 3. The molecule has 2 aromatic heterocycles. The summed E-state index contributed by atoms with van der Waals surface area (Å²) in [4.78, 5) is 22.1. The molecule has 0 fully saturated rings. The van der Waals surface area contributed by atoms with Crippen molar-refractivity contribution in [3.63, 3.8) is 0 Å². The van der Waals surface area contributed by atoms with Crippen LogP contribution in [0.15, 0.2) is 53.6 Å². The number of halogens is 2. The third-order valence-corrected chi connectivity index (χ3v) is 5.87. The van der Waals surface area contributed by atoms with E-state index in [0.717, 1.165) is 18.8 Å². The number of aryl methyl sites for hydroxylation is 1. The molecule has 0 atom stereocenters. The van der Waals surface area contributed by atoms with Crippen LogP contribution in [-0.4, -0.2) is 14.5 Å². The van der Waals surface area contributed by atoms with Crippen LogP contribution in [-0.2, 0) is 20.1 Å². The molecule has 5 rings (SSSR count). The molecule has 1 aliphatic heterocycles. The van der Waals surface area contributed by atoms with Crippen molar-refractivity contribution in [2.24, 2.45) is 7.05 Å². The molecule has 2 aromatic carbocycles. The lowest BCUT2D eigenvalue weighted by Crippen LogP contribution is -2.13. The molecule has 150 valence electrons. The van der Waals surface area contributed by atoms with Crippen LogP contribution in [0.4, 0.5) is 11.6 Å². The van der Waals surface area contributed by atoms with E-state index in [4.69, 9.17) is 23.2 Å². The summed E-state index contributed by atoms with van der Waals surface area (Å²) in [7, 11) is 1.83. The molecule has 3 heterocycles. The number of hydrogen-bond acceptors (Lipinski definition) is 5. The molecule has 0 amide bonds. The maximum Gasteiger partial charge on any atom is 0.229 e. The van der Waals surface area contributed by atoms with E-state index in [1.165, 1.54) is 17.3 Å². The largest absolute Gasteiger partial charge is 0.335 e. The van der Waals surface area contributed by atoms with Crippen molar-refractivity contribution in [2.45, 2.75) is 13.1 Å². The van der Waals surface area contributed by atoms with Gasteiger partial charge >= 0.3 is 0 Å². The van der Waals surface area contributed by atoms with Gasteiger partial charge in [0, 0.05) is 49.3 Å². The van der Waals surface area contributed by atoms with Gasteiger partial charge in [-0.05, 0) is 35.4 Å². The zero-order valence-electron chi connectivity index (χ0n) is 16.0. The maximum absolute atomic E-state index is 13.1. The first kappa shape index (κ1) is 19.1. The highest BCUT2D eigenvalue weighted by molar-refractivity contribution is 6.39. The first-order chi connectivity index (χ1) is 14.5. The molecule has 6 nitrogen and oxygen atoms in total. The summed E-state index contributed by atoms with van der Waals surface area (Å²) in [6.07, 6.45) is 3.24. The van der Waals surface area contributed by atoms with Gasteiger partial charge in [-0.15, -0.1) is 0 Å². The van der Waals surface area contributed by atoms with Crippen molar-refractivity contribution in [1.82, 2.24) is 19.9 Å². The zero-order chi connectivity index (χ0) is 20.8. The lowest BCUT2D eigenvalue weighted by atomic mass is 10.1. The number of nitrogens with zero attached hydrogens (tertiary/aromatic N) is 3. The molecule has 30 heavy (non-hydrogen) atoms. The lowest BCUT2D eigenvalue weighted by Gasteiger charge is -2.12. The number of hydrogen-bond donors (Lipinski definition) is 2. The third-order valence-electron chi connectivity index (χ3n) is 5.24. The topological polar surface area (TPSA) is 71.8 Å². The monoisotopic (exact) mass is 437 g/mol. The second-order valence-electron chi connectivity index (χ2n) is 7.22. The molecule has 0 saturated carbocycles. The van der Waals surface area contributed by atoms with Crippen molar-refractivity contribution in [2.75, 3.05) is 5.32 Å². The van der Waals surface area contributed by atoms with Crippen LogP contribution in [0.5, 0.6) is 0 Å². The molecule has 8 heteroatoms. The Morgan fingerprint density at radius 1 is 1.10 bits per heavy atom. The molecule has 0 unspecified atom stereocenters. The molecule has 0 spiro atoms. The second kappa shape index (κ2) is 7.40. The van der Waals surface area contributed by atoms with E-state index < -0.39 is 0 Å². The molecule has 0 saturated heterocycles. The summed E-state index contributed by atoms with van der Waals surface area (Å²) >= 11 is 12.6. The molecular formula is C22H17Cl2N5O. The Hall–Kier alpha value is -2.93. The molecule has 0 aliphatic carbocycles. The van der Waals surface area contributed by atoms with Gasteiger partial charge in [0.05, 0.1) is 15.4 Å². The maximum atomic E-state index is 13.1. The predicted octanol–water partition coefficient (Wildman–Crippen LogP) is 4.65. The van der Waals surface area contributed by atoms with Gasteiger partial charge in [-0.1, -0.05) is 35.3 Å². The Morgan fingerprint density at radius 2 is 1.87 bits per heavy atom. The summed E-state index contributed by atoms with van der Waals surface area (Å²) in [5.41, 5.74) is 4.69. The standard InChI is InChI=1S/C22H17Cl2N5O/c1-29-11-16(19-17(23)3-2-4-18(19)24)20(30)15-10-26-22(28-21(15)29)27-14-6-5-12-8-25-9-13(12)7-14/h2-7,10-11,25H,8-9H2,1H3,(H,26,27,28). The molecule has 1 aliphatic rings. The van der Waals surface area contributed by atoms with Crippen LogP contribution in [0.3, 0.4) is 0 Å². The van der Waals surface area contributed by atoms with Gasteiger partial charge in [0.2, 0.25) is 11.4 Å². The van der Waals surface area contributed by atoms with Crippen LogP contribution in [0, 0.1) is 0 Å². The third kappa shape index (κ3) is 3.23. The second-order valence-corrected chi connectivity index (χ2v) is 8.04. The van der Waals surface area contributed by atoms with Crippen LogP contribution in [0.1, 0.15) is 11.1 Å². The first-order valence-electron chi connectivity index (χ1n) is 9.41. The highest BCUT2D eigenvalue weighted by Gasteiger charge is 2.17. The van der Waals surface area contributed by atoms with Gasteiger partial charge in [-0.2, -0.15) is 4.98 Å². The van der Waals surface area contributed by atoms with Crippen LogP contribution >= 0.6 is 23.2 Å². The summed E-state index contributed by atoms with van der Waals surface area (Å²) in [5, 5.41) is 7.80. The number of nitrogens with one attached hydrogen (secondary N) is 2. The van der Waals surface area contributed by atoms with E-state index >= 15 is 0 Å². The van der Waals surface area contributed by atoms with E-state index in [2.05, 4.69) is 32.7 Å². The Morgan fingerprint density at radius 3 is 2.67 bits per heavy atom. The Balaban J connectivity index is 1.58. The highest BCUT2D eigenvalue weighted by atomic mass is 35.5. The minimum Gasteiger partial charge on any atom is -0.335 e. The quantitative estimate of drug-likeness (QED) is 0.487. The first-order valence-corrected chi connectivity index (χ1v) is 10.2. The van der Waals surface area contributed by atoms with E-state index in [1.54, 1.807) is 29.0 Å². The van der Waals surface area contributed by atoms with Crippen LogP contribution < -0.4 is 16.1 Å².